The molecule has 1 rings (SSSR count). The number of nitrogens with one attached hydrogen (secondary N) is 1. The zero-order chi connectivity index (χ0) is 13.2. The Morgan fingerprint density at radius 3 is 2.28 bits per heavy atom. The maximum absolute atomic E-state index is 5.41. The minimum atomic E-state index is 0.719. The Bertz CT molecular complexity index is 307. The fraction of sp³-hybridized carbons (Fsp3) is 0.600. The molecule has 0 saturated heterocycles. The van der Waals surface area contributed by atoms with Crippen LogP contribution in [0.4, 0.5) is 5.69 Å². The van der Waals surface area contributed by atoms with Crippen LogP contribution in [0, 0.1) is 0 Å². The number of rotatable bonds is 9. The van der Waals surface area contributed by atoms with E-state index in [2.05, 4.69) is 36.2 Å². The van der Waals surface area contributed by atoms with Crippen molar-refractivity contribution < 1.29 is 4.74 Å². The van der Waals surface area contributed by atoms with Crippen LogP contribution in [-0.2, 0) is 0 Å². The summed E-state index contributed by atoms with van der Waals surface area (Å²) in [7, 11) is 0. The highest BCUT2D eigenvalue weighted by atomic mass is 16.5. The molecule has 0 aromatic heterocycles. The Morgan fingerprint density at radius 1 is 1.06 bits per heavy atom. The van der Waals surface area contributed by atoms with E-state index in [0.29, 0.717) is 0 Å². The SMILES string of the molecule is CCOc1ccc(NCCCN(CC)CC)cc1. The van der Waals surface area contributed by atoms with Gasteiger partial charge < -0.3 is 15.0 Å². The summed E-state index contributed by atoms with van der Waals surface area (Å²) in [5.74, 6) is 0.936. The third kappa shape index (κ3) is 5.41. The summed E-state index contributed by atoms with van der Waals surface area (Å²) in [4.78, 5) is 2.44. The van der Waals surface area contributed by atoms with Gasteiger partial charge in [-0.2, -0.15) is 0 Å². The van der Waals surface area contributed by atoms with Gasteiger partial charge in [-0.3, -0.25) is 0 Å². The molecule has 0 aliphatic carbocycles. The molecule has 0 fully saturated rings. The highest BCUT2D eigenvalue weighted by Gasteiger charge is 1.98. The summed E-state index contributed by atoms with van der Waals surface area (Å²) >= 11 is 0. The third-order valence-electron chi connectivity index (χ3n) is 3.04. The lowest BCUT2D eigenvalue weighted by Crippen LogP contribution is -2.25. The minimum absolute atomic E-state index is 0.719. The zero-order valence-electron chi connectivity index (χ0n) is 11.9. The van der Waals surface area contributed by atoms with Crippen molar-refractivity contribution in [2.75, 3.05) is 38.1 Å². The molecular formula is C15H26N2O. The van der Waals surface area contributed by atoms with Crippen molar-refractivity contribution in [2.24, 2.45) is 0 Å². The molecular weight excluding hydrogens is 224 g/mol. The van der Waals surface area contributed by atoms with Gasteiger partial charge in [-0.05, 0) is 57.2 Å². The van der Waals surface area contributed by atoms with Crippen LogP contribution in [-0.4, -0.2) is 37.7 Å². The van der Waals surface area contributed by atoms with Gasteiger partial charge in [0.1, 0.15) is 5.75 Å². The lowest BCUT2D eigenvalue weighted by atomic mass is 10.3. The van der Waals surface area contributed by atoms with E-state index < -0.39 is 0 Å². The summed E-state index contributed by atoms with van der Waals surface area (Å²) in [6.45, 7) is 11.6. The van der Waals surface area contributed by atoms with Gasteiger partial charge in [0.25, 0.3) is 0 Å². The highest BCUT2D eigenvalue weighted by Crippen LogP contribution is 2.15. The molecule has 1 N–H and O–H groups in total. The maximum atomic E-state index is 5.41. The number of anilines is 1. The summed E-state index contributed by atoms with van der Waals surface area (Å²) in [6, 6.07) is 8.16. The van der Waals surface area contributed by atoms with E-state index in [4.69, 9.17) is 4.74 Å². The van der Waals surface area contributed by atoms with Crippen LogP contribution in [0.25, 0.3) is 0 Å². The second-order valence-corrected chi connectivity index (χ2v) is 4.26. The molecule has 0 aliphatic heterocycles. The summed E-state index contributed by atoms with van der Waals surface area (Å²) in [6.07, 6.45) is 1.18. The number of nitrogens with zero attached hydrogens (tertiary/aromatic N) is 1. The number of benzene rings is 1. The van der Waals surface area contributed by atoms with Crippen LogP contribution < -0.4 is 10.1 Å². The van der Waals surface area contributed by atoms with Gasteiger partial charge in [0.15, 0.2) is 0 Å². The van der Waals surface area contributed by atoms with Gasteiger partial charge in [-0.15, -0.1) is 0 Å². The Morgan fingerprint density at radius 2 is 1.72 bits per heavy atom. The minimum Gasteiger partial charge on any atom is -0.494 e. The summed E-state index contributed by atoms with van der Waals surface area (Å²) in [5.41, 5.74) is 1.16. The van der Waals surface area contributed by atoms with Gasteiger partial charge in [0.2, 0.25) is 0 Å². The first-order chi connectivity index (χ1) is 8.80. The van der Waals surface area contributed by atoms with E-state index in [1.54, 1.807) is 0 Å². The lowest BCUT2D eigenvalue weighted by Gasteiger charge is -2.17. The molecule has 18 heavy (non-hydrogen) atoms. The average molecular weight is 250 g/mol. The molecule has 0 amide bonds. The number of ether oxygens (including phenoxy) is 1. The third-order valence-corrected chi connectivity index (χ3v) is 3.04. The first kappa shape index (κ1) is 14.8. The van der Waals surface area contributed by atoms with Crippen molar-refractivity contribution in [3.05, 3.63) is 24.3 Å². The molecule has 102 valence electrons. The molecule has 0 saturated carbocycles. The Balaban J connectivity index is 2.22. The molecule has 0 aliphatic rings. The lowest BCUT2D eigenvalue weighted by molar-refractivity contribution is 0.303. The topological polar surface area (TPSA) is 24.5 Å². The summed E-state index contributed by atoms with van der Waals surface area (Å²) in [5, 5.41) is 3.44. The van der Waals surface area contributed by atoms with Crippen molar-refractivity contribution in [1.29, 1.82) is 0 Å². The van der Waals surface area contributed by atoms with Crippen molar-refractivity contribution in [3.8, 4) is 5.75 Å². The largest absolute Gasteiger partial charge is 0.494 e. The van der Waals surface area contributed by atoms with Crippen LogP contribution in [0.15, 0.2) is 24.3 Å². The van der Waals surface area contributed by atoms with E-state index in [1.165, 1.54) is 6.42 Å². The van der Waals surface area contributed by atoms with Gasteiger partial charge in [-0.25, -0.2) is 0 Å². The van der Waals surface area contributed by atoms with Crippen molar-refractivity contribution in [2.45, 2.75) is 27.2 Å². The van der Waals surface area contributed by atoms with Crippen LogP contribution in [0.3, 0.4) is 0 Å². The number of hydrogen-bond donors (Lipinski definition) is 1. The Kier molecular flexibility index (Phi) is 7.26. The number of hydrogen-bond acceptors (Lipinski definition) is 3. The quantitative estimate of drug-likeness (QED) is 0.681. The predicted octanol–water partition coefficient (Wildman–Crippen LogP) is 3.23. The molecule has 0 bridgehead atoms. The monoisotopic (exact) mass is 250 g/mol. The predicted molar refractivity (Wildman–Crippen MR) is 78.5 cm³/mol. The smallest absolute Gasteiger partial charge is 0.119 e. The van der Waals surface area contributed by atoms with Crippen molar-refractivity contribution in [3.63, 3.8) is 0 Å². The van der Waals surface area contributed by atoms with E-state index in [-0.39, 0.29) is 0 Å². The molecule has 0 radical (unpaired) electrons. The van der Waals surface area contributed by atoms with Gasteiger partial charge >= 0.3 is 0 Å². The van der Waals surface area contributed by atoms with Crippen molar-refractivity contribution in [1.82, 2.24) is 4.90 Å². The first-order valence-electron chi connectivity index (χ1n) is 6.99. The van der Waals surface area contributed by atoms with Crippen molar-refractivity contribution >= 4 is 5.69 Å². The van der Waals surface area contributed by atoms with E-state index in [1.807, 2.05) is 19.1 Å². The zero-order valence-corrected chi connectivity index (χ0v) is 11.9. The van der Waals surface area contributed by atoms with Crippen LogP contribution in [0.2, 0.25) is 0 Å². The molecule has 3 heteroatoms. The van der Waals surface area contributed by atoms with E-state index in [0.717, 1.165) is 44.2 Å². The first-order valence-corrected chi connectivity index (χ1v) is 6.99. The Hall–Kier alpha value is -1.22. The molecule has 0 spiro atoms. The van der Waals surface area contributed by atoms with Crippen LogP contribution in [0.5, 0.6) is 5.75 Å². The van der Waals surface area contributed by atoms with Crippen LogP contribution >= 0.6 is 0 Å². The van der Waals surface area contributed by atoms with Gasteiger partial charge in [0.05, 0.1) is 6.61 Å². The molecule has 1 aromatic rings. The second-order valence-electron chi connectivity index (χ2n) is 4.26. The highest BCUT2D eigenvalue weighted by molar-refractivity contribution is 5.46. The Labute approximate surface area is 111 Å². The normalized spacial score (nSPS) is 10.7. The van der Waals surface area contributed by atoms with Crippen LogP contribution in [0.1, 0.15) is 27.2 Å². The molecule has 0 heterocycles. The molecule has 0 unspecified atom stereocenters. The average Bonchev–Trinajstić information content (AvgIpc) is 2.41. The van der Waals surface area contributed by atoms with Gasteiger partial charge in [0, 0.05) is 12.2 Å². The van der Waals surface area contributed by atoms with E-state index in [9.17, 15) is 0 Å². The summed E-state index contributed by atoms with van der Waals surface area (Å²) < 4.78 is 5.41. The standard InChI is InChI=1S/C15H26N2O/c1-4-17(5-2)13-7-12-16-14-8-10-15(11-9-14)18-6-3/h8-11,16H,4-7,12-13H2,1-3H3. The molecule has 0 atom stereocenters. The molecule has 3 nitrogen and oxygen atoms in total. The molecule has 1 aromatic carbocycles. The fourth-order valence-electron chi connectivity index (χ4n) is 1.91. The maximum Gasteiger partial charge on any atom is 0.119 e. The fourth-order valence-corrected chi connectivity index (χ4v) is 1.91. The second kappa shape index (κ2) is 8.81. The van der Waals surface area contributed by atoms with Gasteiger partial charge in [-0.1, -0.05) is 13.8 Å². The van der Waals surface area contributed by atoms with E-state index >= 15 is 0 Å².